The van der Waals surface area contributed by atoms with Crippen molar-refractivity contribution in [3.05, 3.63) is 64.3 Å². The van der Waals surface area contributed by atoms with E-state index in [1.807, 2.05) is 60.6 Å². The minimum absolute atomic E-state index is 0.613. The maximum Gasteiger partial charge on any atom is 0.158 e. The van der Waals surface area contributed by atoms with Crippen LogP contribution in [0.5, 0.6) is 0 Å². The number of hydrogen-bond donors (Lipinski definition) is 0. The number of pyridine rings is 1. The Kier molecular flexibility index (Phi) is 11.0. The van der Waals surface area contributed by atoms with Gasteiger partial charge in [0.25, 0.3) is 0 Å². The predicted molar refractivity (Wildman–Crippen MR) is 113 cm³/mol. The van der Waals surface area contributed by atoms with Crippen molar-refractivity contribution in [3.8, 4) is 0 Å². The third kappa shape index (κ3) is 5.98. The first-order valence-corrected chi connectivity index (χ1v) is 9.96. The average molecular weight is 381 g/mol. The van der Waals surface area contributed by atoms with Crippen molar-refractivity contribution in [2.45, 2.75) is 48.5 Å². The molecule has 0 aromatic carbocycles. The van der Waals surface area contributed by atoms with Crippen molar-refractivity contribution in [2.75, 3.05) is 0 Å². The Morgan fingerprint density at radius 1 is 1.24 bits per heavy atom. The molecule has 138 valence electrons. The molecule has 25 heavy (non-hydrogen) atoms. The molecule has 2 aromatic rings. The van der Waals surface area contributed by atoms with Crippen LogP contribution in [0, 0.1) is 6.92 Å². The molecule has 0 aliphatic rings. The maximum absolute atomic E-state index is 12.7. The number of nitrogens with zero attached hydrogens (tertiary/aromatic N) is 2. The second-order valence-electron chi connectivity index (χ2n) is 4.90. The van der Waals surface area contributed by atoms with Gasteiger partial charge < -0.3 is 0 Å². The smallest absolute Gasteiger partial charge is 0.158 e. The van der Waals surface area contributed by atoms with Gasteiger partial charge in [-0.1, -0.05) is 63.6 Å². The zero-order chi connectivity index (χ0) is 19.6. The Labute approximate surface area is 159 Å². The molecular formula is C20H29ClN2OS. The van der Waals surface area contributed by atoms with Gasteiger partial charge in [0.15, 0.2) is 16.6 Å². The van der Waals surface area contributed by atoms with Gasteiger partial charge in [-0.15, -0.1) is 0 Å². The molecule has 0 saturated carbocycles. The normalized spacial score (nSPS) is 11.6. The highest BCUT2D eigenvalue weighted by atomic mass is 35.5. The molecular weight excluding hydrogens is 352 g/mol. The fraction of sp³-hybridized carbons (Fsp3) is 0.350. The molecule has 0 fully saturated rings. The molecule has 2 aromatic heterocycles. The molecule has 1 atom stereocenters. The van der Waals surface area contributed by atoms with Crippen molar-refractivity contribution >= 4 is 33.6 Å². The molecule has 0 spiro atoms. The first-order valence-electron chi connectivity index (χ1n) is 8.47. The number of rotatable bonds is 4. The Bertz CT molecular complexity index is 784. The summed E-state index contributed by atoms with van der Waals surface area (Å²) < 4.78 is 14.4. The molecule has 0 saturated heterocycles. The number of hydrogen-bond acceptors (Lipinski definition) is 2. The zero-order valence-corrected chi connectivity index (χ0v) is 17.8. The lowest BCUT2D eigenvalue weighted by molar-refractivity contribution is 0.683. The van der Waals surface area contributed by atoms with E-state index in [-0.39, 0.29) is 0 Å². The topological polar surface area (TPSA) is 34.9 Å². The summed E-state index contributed by atoms with van der Waals surface area (Å²) in [5.74, 6) is 0. The molecule has 5 heteroatoms. The van der Waals surface area contributed by atoms with E-state index < -0.39 is 11.0 Å². The highest BCUT2D eigenvalue weighted by Gasteiger charge is 2.15. The predicted octanol–water partition coefficient (Wildman–Crippen LogP) is 6.60. The van der Waals surface area contributed by atoms with Gasteiger partial charge in [-0.25, -0.2) is 13.2 Å². The minimum atomic E-state index is -1.41. The summed E-state index contributed by atoms with van der Waals surface area (Å²) in [6.45, 7) is 17.6. The SMILES string of the molecule is C=C/C(=C\C=C(C)C)S(=O)n1cc(C)c2c(Cl)ccnc21.CC.CC. The number of aryl methyl sites for hydroxylation is 1. The van der Waals surface area contributed by atoms with Gasteiger partial charge in [0.05, 0.1) is 9.93 Å². The van der Waals surface area contributed by atoms with Crippen LogP contribution >= 0.6 is 11.6 Å². The van der Waals surface area contributed by atoms with Crippen LogP contribution in [-0.4, -0.2) is 13.2 Å². The van der Waals surface area contributed by atoms with Gasteiger partial charge in [-0.3, -0.25) is 0 Å². The van der Waals surface area contributed by atoms with Gasteiger partial charge in [-0.2, -0.15) is 0 Å². The molecule has 1 unspecified atom stereocenters. The highest BCUT2D eigenvalue weighted by molar-refractivity contribution is 7.87. The largest absolute Gasteiger partial charge is 0.246 e. The monoisotopic (exact) mass is 380 g/mol. The summed E-state index contributed by atoms with van der Waals surface area (Å²) in [6, 6.07) is 1.73. The molecule has 0 N–H and O–H groups in total. The van der Waals surface area contributed by atoms with E-state index in [1.165, 1.54) is 0 Å². The zero-order valence-electron chi connectivity index (χ0n) is 16.3. The van der Waals surface area contributed by atoms with Crippen LogP contribution in [0.25, 0.3) is 11.0 Å². The number of allylic oxidation sites excluding steroid dienone is 4. The second-order valence-corrected chi connectivity index (χ2v) is 6.67. The van der Waals surface area contributed by atoms with Gasteiger partial charge in [0.1, 0.15) is 0 Å². The maximum atomic E-state index is 12.7. The van der Waals surface area contributed by atoms with Gasteiger partial charge in [0.2, 0.25) is 0 Å². The van der Waals surface area contributed by atoms with E-state index in [0.29, 0.717) is 15.6 Å². The van der Waals surface area contributed by atoms with Crippen LogP contribution in [-0.2, 0) is 11.0 Å². The van der Waals surface area contributed by atoms with Crippen molar-refractivity contribution in [1.82, 2.24) is 8.96 Å². The van der Waals surface area contributed by atoms with Crippen molar-refractivity contribution in [2.24, 2.45) is 0 Å². The molecule has 0 radical (unpaired) electrons. The molecule has 3 nitrogen and oxygen atoms in total. The fourth-order valence-electron chi connectivity index (χ4n) is 1.95. The lowest BCUT2D eigenvalue weighted by Gasteiger charge is -2.05. The lowest BCUT2D eigenvalue weighted by Crippen LogP contribution is -2.05. The van der Waals surface area contributed by atoms with E-state index in [4.69, 9.17) is 11.6 Å². The van der Waals surface area contributed by atoms with Crippen LogP contribution in [0.3, 0.4) is 0 Å². The summed E-state index contributed by atoms with van der Waals surface area (Å²) in [6.07, 6.45) is 8.74. The highest BCUT2D eigenvalue weighted by Crippen LogP contribution is 2.28. The molecule has 2 rings (SSSR count). The van der Waals surface area contributed by atoms with Gasteiger partial charge in [0, 0.05) is 17.8 Å². The van der Waals surface area contributed by atoms with Crippen LogP contribution in [0.4, 0.5) is 0 Å². The summed E-state index contributed by atoms with van der Waals surface area (Å²) in [7, 11) is -1.41. The van der Waals surface area contributed by atoms with Crippen LogP contribution in [0.2, 0.25) is 5.02 Å². The first kappa shape index (κ1) is 23.4. The Balaban J connectivity index is 0.00000134. The third-order valence-electron chi connectivity index (χ3n) is 2.96. The summed E-state index contributed by atoms with van der Waals surface area (Å²) in [4.78, 5) is 4.92. The van der Waals surface area contributed by atoms with E-state index >= 15 is 0 Å². The van der Waals surface area contributed by atoms with Gasteiger partial charge >= 0.3 is 0 Å². The van der Waals surface area contributed by atoms with Crippen LogP contribution in [0.1, 0.15) is 47.1 Å². The second kappa shape index (κ2) is 11.8. The fourth-order valence-corrected chi connectivity index (χ4v) is 3.34. The Morgan fingerprint density at radius 2 is 1.84 bits per heavy atom. The summed E-state index contributed by atoms with van der Waals surface area (Å²) in [5.41, 5.74) is 2.69. The van der Waals surface area contributed by atoms with E-state index in [9.17, 15) is 4.21 Å². The van der Waals surface area contributed by atoms with Crippen molar-refractivity contribution in [1.29, 1.82) is 0 Å². The summed E-state index contributed by atoms with van der Waals surface area (Å²) >= 11 is 6.20. The molecule has 0 aliphatic heterocycles. The van der Waals surface area contributed by atoms with Crippen molar-refractivity contribution in [3.63, 3.8) is 0 Å². The van der Waals surface area contributed by atoms with E-state index in [0.717, 1.165) is 16.5 Å². The third-order valence-corrected chi connectivity index (χ3v) is 4.61. The van der Waals surface area contributed by atoms with E-state index in [2.05, 4.69) is 11.6 Å². The standard InChI is InChI=1S/C16H17ClN2OS.2C2H6/c1-5-13(7-6-11(2)3)21(20)19-10-12(4)15-14(17)8-9-18-16(15)19;2*1-2/h5-10H,1H2,2-4H3;2*1-2H3/b13-7+;;. The quantitative estimate of drug-likeness (QED) is 0.560. The van der Waals surface area contributed by atoms with Crippen LogP contribution in [0.15, 0.2) is 53.7 Å². The number of halogens is 1. The average Bonchev–Trinajstić information content (AvgIpc) is 2.96. The lowest BCUT2D eigenvalue weighted by atomic mass is 10.2. The van der Waals surface area contributed by atoms with Crippen molar-refractivity contribution < 1.29 is 4.21 Å². The molecule has 0 aliphatic carbocycles. The van der Waals surface area contributed by atoms with Gasteiger partial charge in [-0.05, 0) is 38.5 Å². The Morgan fingerprint density at radius 3 is 2.36 bits per heavy atom. The molecule has 0 amide bonds. The van der Waals surface area contributed by atoms with Crippen LogP contribution < -0.4 is 0 Å². The number of aromatic nitrogens is 2. The Hall–Kier alpha value is -1.65. The van der Waals surface area contributed by atoms with E-state index in [1.54, 1.807) is 28.5 Å². The summed E-state index contributed by atoms with van der Waals surface area (Å²) in [5, 5.41) is 1.44. The first-order chi connectivity index (χ1) is 12.0. The minimum Gasteiger partial charge on any atom is -0.246 e. The molecule has 0 bridgehead atoms. The number of fused-ring (bicyclic) bond motifs is 1. The molecule has 2 heterocycles.